The first-order chi connectivity index (χ1) is 9.59. The Bertz CT molecular complexity index is 410. The second kappa shape index (κ2) is 4.44. The maximum atomic E-state index is 12.9. The van der Waals surface area contributed by atoms with Crippen molar-refractivity contribution in [3.05, 3.63) is 0 Å². The summed E-state index contributed by atoms with van der Waals surface area (Å²) in [6, 6.07) is 0.473. The quantitative estimate of drug-likeness (QED) is 0.847. The monoisotopic (exact) mass is 277 g/mol. The Labute approximate surface area is 121 Å². The first kappa shape index (κ1) is 13.1. The van der Waals surface area contributed by atoms with Crippen molar-refractivity contribution in [2.45, 2.75) is 63.7 Å². The molecular formula is C16H27N3O. The van der Waals surface area contributed by atoms with Gasteiger partial charge in [-0.05, 0) is 57.0 Å². The number of amides is 1. The third-order valence-corrected chi connectivity index (χ3v) is 5.85. The molecule has 0 aromatic rings. The number of nitrogens with one attached hydrogen (secondary N) is 1. The summed E-state index contributed by atoms with van der Waals surface area (Å²) in [5.74, 6) is 1.80. The van der Waals surface area contributed by atoms with Gasteiger partial charge in [0.1, 0.15) is 0 Å². The molecule has 4 heterocycles. The molecule has 2 unspecified atom stereocenters. The second-order valence-electron chi connectivity index (χ2n) is 7.79. The average Bonchev–Trinajstić information content (AvgIpc) is 3.15. The number of hydrogen-bond donors (Lipinski definition) is 1. The predicted octanol–water partition coefficient (Wildman–Crippen LogP) is 1.42. The summed E-state index contributed by atoms with van der Waals surface area (Å²) in [6.07, 6.45) is 6.06. The topological polar surface area (TPSA) is 35.6 Å². The molecule has 5 fully saturated rings. The van der Waals surface area contributed by atoms with E-state index in [1.165, 1.54) is 25.9 Å². The van der Waals surface area contributed by atoms with Crippen LogP contribution in [-0.2, 0) is 4.79 Å². The van der Waals surface area contributed by atoms with Crippen LogP contribution >= 0.6 is 0 Å². The summed E-state index contributed by atoms with van der Waals surface area (Å²) in [4.78, 5) is 17.7. The van der Waals surface area contributed by atoms with E-state index < -0.39 is 0 Å². The van der Waals surface area contributed by atoms with Crippen molar-refractivity contribution in [2.24, 2.45) is 11.8 Å². The van der Waals surface area contributed by atoms with Crippen LogP contribution in [0.4, 0.5) is 0 Å². The van der Waals surface area contributed by atoms with Gasteiger partial charge in [0, 0.05) is 12.6 Å². The molecule has 0 aromatic heterocycles. The smallest absolute Gasteiger partial charge is 0.244 e. The lowest BCUT2D eigenvalue weighted by Crippen LogP contribution is -2.60. The van der Waals surface area contributed by atoms with E-state index in [4.69, 9.17) is 0 Å². The lowest BCUT2D eigenvalue weighted by atomic mass is 9.82. The molecule has 20 heavy (non-hydrogen) atoms. The van der Waals surface area contributed by atoms with Crippen LogP contribution in [0.3, 0.4) is 0 Å². The van der Waals surface area contributed by atoms with E-state index in [0.717, 1.165) is 31.7 Å². The van der Waals surface area contributed by atoms with E-state index >= 15 is 0 Å². The van der Waals surface area contributed by atoms with Crippen LogP contribution in [0.2, 0.25) is 0 Å². The standard InChI is InChI=1S/C16H27N3O/c1-11(2)9-14-17-16(5-6-16)15(20)19(14)13-10-18-7-3-12(13)4-8-18/h11-14,17H,3-10H2,1-2H3. The van der Waals surface area contributed by atoms with Crippen LogP contribution in [0.5, 0.6) is 0 Å². The Balaban J connectivity index is 1.58. The van der Waals surface area contributed by atoms with Crippen molar-refractivity contribution >= 4 is 5.91 Å². The van der Waals surface area contributed by atoms with Crippen molar-refractivity contribution in [2.75, 3.05) is 19.6 Å². The summed E-state index contributed by atoms with van der Waals surface area (Å²) < 4.78 is 0. The minimum atomic E-state index is -0.147. The Hall–Kier alpha value is -0.610. The molecule has 1 aliphatic carbocycles. The van der Waals surface area contributed by atoms with Crippen molar-refractivity contribution in [3.63, 3.8) is 0 Å². The van der Waals surface area contributed by atoms with E-state index in [9.17, 15) is 4.79 Å². The third kappa shape index (κ3) is 1.92. The van der Waals surface area contributed by atoms with E-state index in [-0.39, 0.29) is 11.7 Å². The van der Waals surface area contributed by atoms with Gasteiger partial charge in [-0.3, -0.25) is 10.1 Å². The highest BCUT2D eigenvalue weighted by Crippen LogP contribution is 2.45. The normalized spacial score (nSPS) is 42.0. The number of hydrogen-bond acceptors (Lipinski definition) is 3. The van der Waals surface area contributed by atoms with Gasteiger partial charge in [-0.25, -0.2) is 0 Å². The van der Waals surface area contributed by atoms with E-state index in [0.29, 0.717) is 17.9 Å². The number of nitrogens with zero attached hydrogens (tertiary/aromatic N) is 2. The number of rotatable bonds is 3. The summed E-state index contributed by atoms with van der Waals surface area (Å²) in [5.41, 5.74) is -0.147. The zero-order chi connectivity index (χ0) is 13.9. The van der Waals surface area contributed by atoms with Crippen molar-refractivity contribution in [3.8, 4) is 0 Å². The summed E-state index contributed by atoms with van der Waals surface area (Å²) in [6.45, 7) is 8.13. The average molecular weight is 277 g/mol. The molecule has 4 saturated heterocycles. The number of piperidine rings is 3. The lowest BCUT2D eigenvalue weighted by Gasteiger charge is -2.49. The Kier molecular flexibility index (Phi) is 2.90. The van der Waals surface area contributed by atoms with Gasteiger partial charge in [-0.2, -0.15) is 0 Å². The van der Waals surface area contributed by atoms with Crippen molar-refractivity contribution < 1.29 is 4.79 Å². The number of carbonyl (C=O) groups excluding carboxylic acids is 1. The first-order valence-electron chi connectivity index (χ1n) is 8.42. The zero-order valence-electron chi connectivity index (χ0n) is 12.8. The van der Waals surface area contributed by atoms with Gasteiger partial charge in [-0.15, -0.1) is 0 Å². The molecule has 5 rings (SSSR count). The highest BCUT2D eigenvalue weighted by Gasteiger charge is 2.61. The predicted molar refractivity (Wildman–Crippen MR) is 78.1 cm³/mol. The molecule has 4 heteroatoms. The molecule has 1 spiro atoms. The number of carbonyl (C=O) groups is 1. The van der Waals surface area contributed by atoms with Crippen LogP contribution in [0.1, 0.15) is 46.0 Å². The van der Waals surface area contributed by atoms with Gasteiger partial charge in [0.2, 0.25) is 5.91 Å². The molecule has 1 saturated carbocycles. The molecule has 1 amide bonds. The van der Waals surface area contributed by atoms with Crippen LogP contribution < -0.4 is 5.32 Å². The van der Waals surface area contributed by atoms with Gasteiger partial charge >= 0.3 is 0 Å². The third-order valence-electron chi connectivity index (χ3n) is 5.85. The van der Waals surface area contributed by atoms with Gasteiger partial charge in [-0.1, -0.05) is 13.8 Å². The highest BCUT2D eigenvalue weighted by molar-refractivity contribution is 5.92. The maximum Gasteiger partial charge on any atom is 0.244 e. The van der Waals surface area contributed by atoms with E-state index in [1.807, 2.05) is 0 Å². The first-order valence-corrected chi connectivity index (χ1v) is 8.42. The van der Waals surface area contributed by atoms with Crippen molar-refractivity contribution in [1.82, 2.24) is 15.1 Å². The molecule has 0 radical (unpaired) electrons. The molecule has 2 bridgehead atoms. The Morgan fingerprint density at radius 3 is 2.50 bits per heavy atom. The van der Waals surface area contributed by atoms with Gasteiger partial charge < -0.3 is 9.80 Å². The van der Waals surface area contributed by atoms with Gasteiger partial charge in [0.05, 0.1) is 11.7 Å². The Morgan fingerprint density at radius 2 is 2.00 bits per heavy atom. The molecule has 2 atom stereocenters. The van der Waals surface area contributed by atoms with Crippen molar-refractivity contribution in [1.29, 1.82) is 0 Å². The van der Waals surface area contributed by atoms with E-state index in [1.54, 1.807) is 0 Å². The van der Waals surface area contributed by atoms with E-state index in [2.05, 4.69) is 29.0 Å². The summed E-state index contributed by atoms with van der Waals surface area (Å²) in [5, 5.41) is 3.69. The fourth-order valence-electron chi connectivity index (χ4n) is 4.57. The van der Waals surface area contributed by atoms with Crippen LogP contribution in [0.15, 0.2) is 0 Å². The fourth-order valence-corrected chi connectivity index (χ4v) is 4.57. The van der Waals surface area contributed by atoms with Crippen LogP contribution in [0, 0.1) is 11.8 Å². The second-order valence-corrected chi connectivity index (χ2v) is 7.79. The summed E-state index contributed by atoms with van der Waals surface area (Å²) >= 11 is 0. The van der Waals surface area contributed by atoms with Gasteiger partial charge in [0.15, 0.2) is 0 Å². The summed E-state index contributed by atoms with van der Waals surface area (Å²) in [7, 11) is 0. The van der Waals surface area contributed by atoms with Crippen LogP contribution in [0.25, 0.3) is 0 Å². The van der Waals surface area contributed by atoms with Gasteiger partial charge in [0.25, 0.3) is 0 Å². The fraction of sp³-hybridized carbons (Fsp3) is 0.938. The minimum absolute atomic E-state index is 0.147. The molecular weight excluding hydrogens is 250 g/mol. The van der Waals surface area contributed by atoms with Crippen LogP contribution in [-0.4, -0.2) is 53.1 Å². The minimum Gasteiger partial charge on any atom is -0.321 e. The maximum absolute atomic E-state index is 12.9. The SMILES string of the molecule is CC(C)CC1NC2(CC2)C(=O)N1C1CN2CCC1CC2. The molecule has 0 aromatic carbocycles. The largest absolute Gasteiger partial charge is 0.321 e. The molecule has 4 aliphatic heterocycles. The molecule has 1 N–H and O–H groups in total. The molecule has 112 valence electrons. The lowest BCUT2D eigenvalue weighted by molar-refractivity contribution is -0.137. The Morgan fingerprint density at radius 1 is 1.30 bits per heavy atom. The molecule has 5 aliphatic rings. The highest BCUT2D eigenvalue weighted by atomic mass is 16.2. The number of fused-ring (bicyclic) bond motifs is 3. The molecule has 4 nitrogen and oxygen atoms in total. The zero-order valence-corrected chi connectivity index (χ0v) is 12.8.